The molecule has 0 fully saturated rings. The summed E-state index contributed by atoms with van der Waals surface area (Å²) in [5.41, 5.74) is 12.0. The Bertz CT molecular complexity index is 679. The highest BCUT2D eigenvalue weighted by Gasteiger charge is 2.10. The molecule has 0 aliphatic heterocycles. The zero-order valence-electron chi connectivity index (χ0n) is 11.5. The Kier molecular flexibility index (Phi) is 4.34. The summed E-state index contributed by atoms with van der Waals surface area (Å²) in [5, 5.41) is 14.5. The fourth-order valence-electron chi connectivity index (χ4n) is 1.50. The van der Waals surface area contributed by atoms with Crippen LogP contribution in [-0.2, 0) is 0 Å². The quantitative estimate of drug-likeness (QED) is 0.462. The van der Waals surface area contributed by atoms with Crippen molar-refractivity contribution in [2.75, 3.05) is 20.0 Å². The highest BCUT2D eigenvalue weighted by molar-refractivity contribution is 5.99. The smallest absolute Gasteiger partial charge is 0.199 e. The van der Waals surface area contributed by atoms with Crippen LogP contribution >= 0.6 is 0 Å². The molecule has 0 aliphatic carbocycles. The van der Waals surface area contributed by atoms with E-state index in [1.54, 1.807) is 32.4 Å². The first-order valence-electron chi connectivity index (χ1n) is 5.82. The molecule has 0 saturated carbocycles. The van der Waals surface area contributed by atoms with Gasteiger partial charge in [0.05, 0.1) is 20.4 Å². The molecule has 9 heteroatoms. The Morgan fingerprint density at radius 2 is 2.10 bits per heavy atom. The van der Waals surface area contributed by atoms with Crippen molar-refractivity contribution in [3.05, 3.63) is 29.5 Å². The monoisotopic (exact) mass is 290 g/mol. The molecular formula is C12H14N6O3. The van der Waals surface area contributed by atoms with Crippen LogP contribution in [0.15, 0.2) is 33.0 Å². The summed E-state index contributed by atoms with van der Waals surface area (Å²) in [6, 6.07) is 5.28. The number of benzene rings is 1. The van der Waals surface area contributed by atoms with Crippen molar-refractivity contribution in [3.63, 3.8) is 0 Å². The molecule has 0 spiro atoms. The van der Waals surface area contributed by atoms with Gasteiger partial charge in [-0.3, -0.25) is 0 Å². The molecule has 2 rings (SSSR count). The molecule has 4 N–H and O–H groups in total. The summed E-state index contributed by atoms with van der Waals surface area (Å²) in [7, 11) is 3.12. The highest BCUT2D eigenvalue weighted by atomic mass is 16.6. The van der Waals surface area contributed by atoms with Crippen molar-refractivity contribution in [2.24, 2.45) is 15.9 Å². The van der Waals surface area contributed by atoms with E-state index in [1.807, 2.05) is 0 Å². The van der Waals surface area contributed by atoms with Crippen molar-refractivity contribution in [3.8, 4) is 11.5 Å². The number of ether oxygens (including phenoxy) is 2. The maximum absolute atomic E-state index is 5.66. The van der Waals surface area contributed by atoms with E-state index in [9.17, 15) is 0 Å². The van der Waals surface area contributed by atoms with Gasteiger partial charge in [-0.05, 0) is 22.4 Å². The zero-order chi connectivity index (χ0) is 15.2. The first-order valence-corrected chi connectivity index (χ1v) is 5.82. The van der Waals surface area contributed by atoms with Crippen molar-refractivity contribution >= 4 is 17.9 Å². The number of amidine groups is 1. The lowest BCUT2D eigenvalue weighted by atomic mass is 10.2. The van der Waals surface area contributed by atoms with E-state index in [2.05, 4.69) is 25.1 Å². The summed E-state index contributed by atoms with van der Waals surface area (Å²) >= 11 is 0. The van der Waals surface area contributed by atoms with E-state index in [-0.39, 0.29) is 17.3 Å². The summed E-state index contributed by atoms with van der Waals surface area (Å²) < 4.78 is 14.8. The normalized spacial score (nSPS) is 11.8. The van der Waals surface area contributed by atoms with E-state index in [4.69, 9.17) is 20.9 Å². The summed E-state index contributed by atoms with van der Waals surface area (Å²) in [6.45, 7) is 0. The van der Waals surface area contributed by atoms with Crippen molar-refractivity contribution in [1.29, 1.82) is 0 Å². The molecule has 2 aromatic rings. The van der Waals surface area contributed by atoms with Crippen LogP contribution in [0.2, 0.25) is 0 Å². The standard InChI is InChI=1S/C12H14N6O3/c1-19-8-4-3-7(9(5-8)20-2)6-15-16-11(13)10-12(14)18-21-17-10/h3-6H,1-2H3,(H2,13,16)(H2,14,18)/b15-6+. The third-order valence-corrected chi connectivity index (χ3v) is 2.56. The second-order valence-corrected chi connectivity index (χ2v) is 3.84. The minimum Gasteiger partial charge on any atom is -0.497 e. The molecule has 21 heavy (non-hydrogen) atoms. The minimum atomic E-state index is -0.00233. The molecule has 1 heterocycles. The number of nitrogen functional groups attached to an aromatic ring is 1. The number of hydrogen-bond donors (Lipinski definition) is 2. The van der Waals surface area contributed by atoms with Gasteiger partial charge in [-0.15, -0.1) is 5.10 Å². The van der Waals surface area contributed by atoms with Crippen LogP contribution in [-0.4, -0.2) is 36.6 Å². The highest BCUT2D eigenvalue weighted by Crippen LogP contribution is 2.23. The van der Waals surface area contributed by atoms with E-state index < -0.39 is 0 Å². The van der Waals surface area contributed by atoms with Crippen LogP contribution in [0.25, 0.3) is 0 Å². The van der Waals surface area contributed by atoms with E-state index in [0.717, 1.165) is 0 Å². The molecule has 9 nitrogen and oxygen atoms in total. The van der Waals surface area contributed by atoms with E-state index in [1.165, 1.54) is 6.21 Å². The van der Waals surface area contributed by atoms with Crippen LogP contribution in [0.5, 0.6) is 11.5 Å². The Morgan fingerprint density at radius 3 is 2.71 bits per heavy atom. The largest absolute Gasteiger partial charge is 0.497 e. The Labute approximate surface area is 120 Å². The van der Waals surface area contributed by atoms with Gasteiger partial charge >= 0.3 is 0 Å². The topological polar surface area (TPSA) is 134 Å². The molecule has 1 aromatic carbocycles. The number of aromatic nitrogens is 2. The minimum absolute atomic E-state index is 0.00233. The number of methoxy groups -OCH3 is 2. The molecule has 0 aliphatic rings. The molecular weight excluding hydrogens is 276 g/mol. The summed E-state index contributed by atoms with van der Waals surface area (Å²) in [6.07, 6.45) is 1.48. The lowest BCUT2D eigenvalue weighted by Crippen LogP contribution is -2.15. The van der Waals surface area contributed by atoms with Crippen LogP contribution in [0.4, 0.5) is 5.82 Å². The fraction of sp³-hybridized carbons (Fsp3) is 0.167. The zero-order valence-corrected chi connectivity index (χ0v) is 11.5. The Hall–Kier alpha value is -3.10. The van der Waals surface area contributed by atoms with Gasteiger partial charge in [-0.1, -0.05) is 0 Å². The second-order valence-electron chi connectivity index (χ2n) is 3.84. The molecule has 0 amide bonds. The Balaban J connectivity index is 2.20. The van der Waals surface area contributed by atoms with Crippen LogP contribution in [0, 0.1) is 0 Å². The van der Waals surface area contributed by atoms with Gasteiger partial charge in [0, 0.05) is 11.6 Å². The third kappa shape index (κ3) is 3.26. The second kappa shape index (κ2) is 6.37. The number of anilines is 1. The molecule has 0 radical (unpaired) electrons. The maximum atomic E-state index is 5.66. The number of rotatable bonds is 5. The van der Waals surface area contributed by atoms with Gasteiger partial charge in [0.1, 0.15) is 11.5 Å². The molecule has 110 valence electrons. The van der Waals surface area contributed by atoms with Gasteiger partial charge in [0.2, 0.25) is 0 Å². The summed E-state index contributed by atoms with van der Waals surface area (Å²) in [5.74, 6) is 1.31. The van der Waals surface area contributed by atoms with Crippen molar-refractivity contribution in [2.45, 2.75) is 0 Å². The molecule has 0 saturated heterocycles. The molecule has 1 aromatic heterocycles. The third-order valence-electron chi connectivity index (χ3n) is 2.56. The van der Waals surface area contributed by atoms with Gasteiger partial charge in [-0.2, -0.15) is 5.10 Å². The Morgan fingerprint density at radius 1 is 1.29 bits per heavy atom. The van der Waals surface area contributed by atoms with Gasteiger partial charge in [0.15, 0.2) is 17.3 Å². The van der Waals surface area contributed by atoms with Gasteiger partial charge in [-0.25, -0.2) is 4.63 Å². The predicted molar refractivity (Wildman–Crippen MR) is 76.6 cm³/mol. The average molecular weight is 290 g/mol. The summed E-state index contributed by atoms with van der Waals surface area (Å²) in [4.78, 5) is 0. The van der Waals surface area contributed by atoms with Gasteiger partial charge < -0.3 is 20.9 Å². The predicted octanol–water partition coefficient (Wildman–Crippen LogP) is 0.408. The average Bonchev–Trinajstić information content (AvgIpc) is 2.93. The van der Waals surface area contributed by atoms with E-state index >= 15 is 0 Å². The number of nitrogens with zero attached hydrogens (tertiary/aromatic N) is 4. The maximum Gasteiger partial charge on any atom is 0.199 e. The first-order chi connectivity index (χ1) is 10.2. The van der Waals surface area contributed by atoms with Crippen molar-refractivity contribution in [1.82, 2.24) is 10.3 Å². The van der Waals surface area contributed by atoms with Crippen LogP contribution < -0.4 is 20.9 Å². The molecule has 0 unspecified atom stereocenters. The van der Waals surface area contributed by atoms with Crippen molar-refractivity contribution < 1.29 is 14.1 Å². The number of nitrogens with two attached hydrogens (primary N) is 2. The molecule has 0 atom stereocenters. The first kappa shape index (κ1) is 14.3. The van der Waals surface area contributed by atoms with Crippen LogP contribution in [0.1, 0.15) is 11.3 Å². The van der Waals surface area contributed by atoms with E-state index in [0.29, 0.717) is 17.1 Å². The molecule has 0 bridgehead atoms. The fourth-order valence-corrected chi connectivity index (χ4v) is 1.50. The SMILES string of the molecule is COc1ccc(/C=N/N=C(\N)c2nonc2N)c(OC)c1. The lowest BCUT2D eigenvalue weighted by molar-refractivity contribution is 0.308. The number of hydrogen-bond acceptors (Lipinski definition) is 8. The lowest BCUT2D eigenvalue weighted by Gasteiger charge is -2.06. The van der Waals surface area contributed by atoms with Gasteiger partial charge in [0.25, 0.3) is 0 Å². The van der Waals surface area contributed by atoms with Crippen LogP contribution in [0.3, 0.4) is 0 Å².